The van der Waals surface area contributed by atoms with Crippen LogP contribution in [0, 0.1) is 5.92 Å². The summed E-state index contributed by atoms with van der Waals surface area (Å²) in [4.78, 5) is 0. The van der Waals surface area contributed by atoms with Gasteiger partial charge in [0.2, 0.25) is 0 Å². The average Bonchev–Trinajstić information content (AvgIpc) is 2.29. The summed E-state index contributed by atoms with van der Waals surface area (Å²) in [6.07, 6.45) is 11.0. The van der Waals surface area contributed by atoms with Gasteiger partial charge in [-0.05, 0) is 12.7 Å². The first-order chi connectivity index (χ1) is 5.20. The normalized spacial score (nSPS) is 46.3. The number of hydrogen-bond donors (Lipinski definition) is 0. The lowest BCUT2D eigenvalue weighted by Crippen LogP contribution is -2.10. The molecule has 0 nitrogen and oxygen atoms in total. The SMILES string of the molecule is C[P@]1(=S)C=C[C@H]2C=CC=C[C@H]21. The van der Waals surface area contributed by atoms with Crippen molar-refractivity contribution in [1.29, 1.82) is 0 Å². The highest BCUT2D eigenvalue weighted by atomic mass is 32.4. The van der Waals surface area contributed by atoms with E-state index in [2.05, 4.69) is 42.9 Å². The summed E-state index contributed by atoms with van der Waals surface area (Å²) < 4.78 is 0. The summed E-state index contributed by atoms with van der Waals surface area (Å²) in [6, 6.07) is -1.16. The summed E-state index contributed by atoms with van der Waals surface area (Å²) in [5, 5.41) is 0. The molecule has 2 aliphatic rings. The molecule has 11 heavy (non-hydrogen) atoms. The van der Waals surface area contributed by atoms with Crippen LogP contribution in [-0.4, -0.2) is 12.3 Å². The van der Waals surface area contributed by atoms with E-state index < -0.39 is 6.04 Å². The molecular formula is C9H11PS. The fourth-order valence-electron chi connectivity index (χ4n) is 1.67. The molecule has 0 fully saturated rings. The van der Waals surface area contributed by atoms with Crippen LogP contribution in [0.2, 0.25) is 0 Å². The molecule has 0 aromatic rings. The van der Waals surface area contributed by atoms with Gasteiger partial charge in [-0.2, -0.15) is 0 Å². The minimum atomic E-state index is -1.16. The molecule has 0 N–H and O–H groups in total. The van der Waals surface area contributed by atoms with Gasteiger partial charge in [0.15, 0.2) is 0 Å². The van der Waals surface area contributed by atoms with Gasteiger partial charge in [-0.3, -0.25) is 0 Å². The maximum atomic E-state index is 5.55. The van der Waals surface area contributed by atoms with E-state index in [0.29, 0.717) is 11.6 Å². The Hall–Kier alpha value is -0.130. The second-order valence-electron chi connectivity index (χ2n) is 3.24. The number of allylic oxidation sites excluding steroid dienone is 5. The summed E-state index contributed by atoms with van der Waals surface area (Å²) in [5.41, 5.74) is 0.627. The Bertz CT molecular complexity index is 299. The van der Waals surface area contributed by atoms with E-state index in [1.54, 1.807) is 0 Å². The molecule has 1 aliphatic heterocycles. The molecule has 0 saturated heterocycles. The van der Waals surface area contributed by atoms with E-state index >= 15 is 0 Å². The van der Waals surface area contributed by atoms with Crippen molar-refractivity contribution in [3.05, 3.63) is 36.2 Å². The quantitative estimate of drug-likeness (QED) is 0.519. The van der Waals surface area contributed by atoms with Gasteiger partial charge in [-0.15, -0.1) is 0 Å². The van der Waals surface area contributed by atoms with E-state index in [1.807, 2.05) is 0 Å². The zero-order valence-corrected chi connectivity index (χ0v) is 8.19. The monoisotopic (exact) mass is 182 g/mol. The zero-order chi connectivity index (χ0) is 7.90. The van der Waals surface area contributed by atoms with E-state index in [0.717, 1.165) is 0 Å². The van der Waals surface area contributed by atoms with Gasteiger partial charge in [-0.1, -0.05) is 48.0 Å². The van der Waals surface area contributed by atoms with Crippen LogP contribution in [0.15, 0.2) is 36.2 Å². The van der Waals surface area contributed by atoms with Gasteiger partial charge >= 0.3 is 0 Å². The molecular weight excluding hydrogens is 171 g/mol. The van der Waals surface area contributed by atoms with Crippen LogP contribution in [0.25, 0.3) is 0 Å². The molecule has 0 saturated carbocycles. The molecule has 0 radical (unpaired) electrons. The highest BCUT2D eigenvalue weighted by molar-refractivity contribution is 8.16. The fraction of sp³-hybridized carbons (Fsp3) is 0.333. The third kappa shape index (κ3) is 1.17. The van der Waals surface area contributed by atoms with E-state index in [4.69, 9.17) is 11.8 Å². The standard InChI is InChI=1S/C9H11PS/c1-10(11)7-6-8-4-2-3-5-9(8)10/h2-9H,1H3/t8-,9-,10+/m1/s1. The van der Waals surface area contributed by atoms with Gasteiger partial charge < -0.3 is 0 Å². The Balaban J connectivity index is 2.40. The van der Waals surface area contributed by atoms with E-state index in [-0.39, 0.29) is 0 Å². The van der Waals surface area contributed by atoms with Crippen molar-refractivity contribution in [2.24, 2.45) is 5.92 Å². The van der Waals surface area contributed by atoms with Crippen molar-refractivity contribution < 1.29 is 0 Å². The maximum absolute atomic E-state index is 5.55. The van der Waals surface area contributed by atoms with Crippen molar-refractivity contribution >= 4 is 17.8 Å². The number of rotatable bonds is 0. The van der Waals surface area contributed by atoms with Crippen molar-refractivity contribution in [2.75, 3.05) is 6.66 Å². The van der Waals surface area contributed by atoms with E-state index in [9.17, 15) is 0 Å². The van der Waals surface area contributed by atoms with Crippen molar-refractivity contribution in [2.45, 2.75) is 5.66 Å². The lowest BCUT2D eigenvalue weighted by Gasteiger charge is -2.21. The van der Waals surface area contributed by atoms with Crippen LogP contribution in [0.1, 0.15) is 0 Å². The fourth-order valence-corrected chi connectivity index (χ4v) is 4.58. The molecule has 0 amide bonds. The molecule has 0 aromatic heterocycles. The molecule has 0 spiro atoms. The largest absolute Gasteiger partial charge is 0.0928 e. The van der Waals surface area contributed by atoms with Gasteiger partial charge in [0, 0.05) is 11.6 Å². The Kier molecular flexibility index (Phi) is 1.66. The molecule has 2 heteroatoms. The second-order valence-corrected chi connectivity index (χ2v) is 8.61. The number of hydrogen-bond acceptors (Lipinski definition) is 1. The van der Waals surface area contributed by atoms with Crippen molar-refractivity contribution in [1.82, 2.24) is 0 Å². The summed E-state index contributed by atoms with van der Waals surface area (Å²) in [6.45, 7) is 2.23. The summed E-state index contributed by atoms with van der Waals surface area (Å²) in [5.74, 6) is 2.87. The van der Waals surface area contributed by atoms with Crippen LogP contribution < -0.4 is 0 Å². The molecule has 1 heterocycles. The topological polar surface area (TPSA) is 0 Å². The lowest BCUT2D eigenvalue weighted by atomic mass is 10.0. The molecule has 0 unspecified atom stereocenters. The van der Waals surface area contributed by atoms with Crippen LogP contribution in [0.5, 0.6) is 0 Å². The first-order valence-corrected chi connectivity index (χ1v) is 7.20. The van der Waals surface area contributed by atoms with E-state index in [1.165, 1.54) is 0 Å². The Labute approximate surface area is 72.7 Å². The molecule has 3 atom stereocenters. The van der Waals surface area contributed by atoms with Crippen LogP contribution in [0.3, 0.4) is 0 Å². The smallest absolute Gasteiger partial charge is 0.0192 e. The minimum absolute atomic E-state index is 0.607. The average molecular weight is 182 g/mol. The van der Waals surface area contributed by atoms with Crippen LogP contribution in [-0.2, 0) is 11.8 Å². The van der Waals surface area contributed by atoms with Crippen LogP contribution in [0.4, 0.5) is 0 Å². The Morgan fingerprint density at radius 3 is 2.64 bits per heavy atom. The summed E-state index contributed by atoms with van der Waals surface area (Å²) in [7, 11) is 0. The lowest BCUT2D eigenvalue weighted by molar-refractivity contribution is 0.848. The highest BCUT2D eigenvalue weighted by Crippen LogP contribution is 2.58. The third-order valence-electron chi connectivity index (χ3n) is 2.34. The van der Waals surface area contributed by atoms with Gasteiger partial charge in [0.05, 0.1) is 0 Å². The molecule has 0 aromatic carbocycles. The minimum Gasteiger partial charge on any atom is -0.0928 e. The maximum Gasteiger partial charge on any atom is 0.0192 e. The van der Waals surface area contributed by atoms with Gasteiger partial charge in [0.1, 0.15) is 0 Å². The predicted octanol–water partition coefficient (Wildman–Crippen LogP) is 2.73. The molecule has 0 bridgehead atoms. The zero-order valence-electron chi connectivity index (χ0n) is 6.47. The first-order valence-electron chi connectivity index (χ1n) is 3.81. The molecule has 58 valence electrons. The van der Waals surface area contributed by atoms with Crippen molar-refractivity contribution in [3.8, 4) is 0 Å². The van der Waals surface area contributed by atoms with Gasteiger partial charge in [-0.25, -0.2) is 0 Å². The first kappa shape index (κ1) is 7.52. The second kappa shape index (κ2) is 2.43. The van der Waals surface area contributed by atoms with Crippen LogP contribution >= 0.6 is 6.04 Å². The predicted molar refractivity (Wildman–Crippen MR) is 54.9 cm³/mol. The molecule has 2 rings (SSSR count). The van der Waals surface area contributed by atoms with Gasteiger partial charge in [0.25, 0.3) is 0 Å². The highest BCUT2D eigenvalue weighted by Gasteiger charge is 2.30. The van der Waals surface area contributed by atoms with Crippen molar-refractivity contribution in [3.63, 3.8) is 0 Å². The Morgan fingerprint density at radius 1 is 1.18 bits per heavy atom. The summed E-state index contributed by atoms with van der Waals surface area (Å²) >= 11 is 5.55. The third-order valence-corrected chi connectivity index (χ3v) is 5.90. The number of fused-ring (bicyclic) bond motifs is 1. The molecule has 1 aliphatic carbocycles. The Morgan fingerprint density at radius 2 is 1.91 bits per heavy atom.